The van der Waals surface area contributed by atoms with Gasteiger partial charge in [0.1, 0.15) is 98.9 Å². The number of benzene rings is 10. The summed E-state index contributed by atoms with van der Waals surface area (Å²) < 4.78 is 143. The van der Waals surface area contributed by atoms with Gasteiger partial charge in [-0.2, -0.15) is 0 Å². The van der Waals surface area contributed by atoms with Gasteiger partial charge in [-0.25, -0.2) is 0 Å². The van der Waals surface area contributed by atoms with E-state index in [9.17, 15) is 0 Å². The van der Waals surface area contributed by atoms with Gasteiger partial charge in [-0.3, -0.25) is 0 Å². The Morgan fingerprint density at radius 2 is 0.381 bits per heavy atom. The van der Waals surface area contributed by atoms with Crippen molar-refractivity contribution in [3.63, 3.8) is 0 Å². The summed E-state index contributed by atoms with van der Waals surface area (Å²) in [6.45, 7) is 16.6. The smallest absolute Gasteiger partial charge is 0.123 e. The molecule has 0 N–H and O–H groups in total. The van der Waals surface area contributed by atoms with E-state index in [1.807, 2.05) is 30.3 Å². The second kappa shape index (κ2) is 59.9. The van der Waals surface area contributed by atoms with Crippen LogP contribution in [-0.4, -0.2) is 268 Å². The zero-order valence-corrected chi connectivity index (χ0v) is 83.4. The number of fused-ring (bicyclic) bond motifs is 6. The van der Waals surface area contributed by atoms with E-state index in [2.05, 4.69) is 229 Å². The summed E-state index contributed by atoms with van der Waals surface area (Å²) in [7, 11) is 13.3. The molecule has 0 amide bonds. The maximum Gasteiger partial charge on any atom is 0.123 e. The Balaban J connectivity index is 0.928. The van der Waals surface area contributed by atoms with Gasteiger partial charge in [0.15, 0.2) is 0 Å². The molecule has 0 heterocycles. The predicted octanol–water partition coefficient (Wildman–Crippen LogP) is 19.4. The summed E-state index contributed by atoms with van der Waals surface area (Å²) >= 11 is 3.97. The third kappa shape index (κ3) is 34.1. The summed E-state index contributed by atoms with van der Waals surface area (Å²) in [6.07, 6.45) is 17.0. The number of ether oxygens (including phenoxy) is 24. The molecule has 24 nitrogen and oxygen atoms in total. The molecule has 0 bridgehead atoms. The van der Waals surface area contributed by atoms with Gasteiger partial charge in [0.05, 0.1) is 159 Å². The largest absolute Gasteiger partial charge is 0.491 e. The van der Waals surface area contributed by atoms with E-state index in [1.54, 1.807) is 56.9 Å². The van der Waals surface area contributed by atoms with Crippen molar-refractivity contribution in [3.05, 3.63) is 289 Å². The summed E-state index contributed by atoms with van der Waals surface area (Å²) in [5.74, 6) is 5.12. The molecule has 0 aromatic heterocycles. The third-order valence-corrected chi connectivity index (χ3v) is 24.0. The molecule has 10 aromatic rings. The molecule has 0 spiro atoms. The second-order valence-electron chi connectivity index (χ2n) is 33.4. The molecule has 139 heavy (non-hydrogen) atoms. The number of hydrogen-bond acceptors (Lipinski definition) is 24. The normalized spacial score (nSPS) is 12.8. The Morgan fingerprint density at radius 3 is 0.590 bits per heavy atom. The van der Waals surface area contributed by atoms with Gasteiger partial charge in [0.25, 0.3) is 0 Å². The minimum absolute atomic E-state index is 0.298. The zero-order valence-electron chi connectivity index (χ0n) is 81.9. The van der Waals surface area contributed by atoms with Crippen LogP contribution in [0.25, 0.3) is 64.8 Å². The molecular formula is C114H137BrO24. The maximum absolute atomic E-state index is 6.62. The highest BCUT2D eigenvalue weighted by Crippen LogP contribution is 2.56. The van der Waals surface area contributed by atoms with Crippen LogP contribution in [0.4, 0.5) is 0 Å². The Bertz CT molecular complexity index is 5120. The van der Waals surface area contributed by atoms with Gasteiger partial charge in [0.2, 0.25) is 0 Å². The van der Waals surface area contributed by atoms with Gasteiger partial charge in [-0.05, 0) is 192 Å². The fraction of sp³-hybridized carbons (Fsp3) is 0.404. The average Bonchev–Trinajstić information content (AvgIpc) is 1.56. The van der Waals surface area contributed by atoms with E-state index in [0.29, 0.717) is 283 Å². The lowest BCUT2D eigenvalue weighted by Gasteiger charge is -2.34. The molecule has 744 valence electrons. The first kappa shape index (κ1) is 107. The van der Waals surface area contributed by atoms with Crippen molar-refractivity contribution in [2.75, 3.05) is 268 Å². The summed E-state index contributed by atoms with van der Waals surface area (Å²) in [5.41, 5.74) is 18.7. The highest BCUT2D eigenvalue weighted by atomic mass is 79.9. The molecule has 10 aromatic carbocycles. The molecule has 0 fully saturated rings. The Morgan fingerprint density at radius 1 is 0.201 bits per heavy atom. The third-order valence-electron chi connectivity index (χ3n) is 23.5. The van der Waals surface area contributed by atoms with Crippen molar-refractivity contribution in [2.45, 2.75) is 36.5 Å². The fourth-order valence-corrected chi connectivity index (χ4v) is 17.3. The maximum atomic E-state index is 6.62. The van der Waals surface area contributed by atoms with E-state index in [0.717, 1.165) is 110 Å². The van der Waals surface area contributed by atoms with E-state index >= 15 is 0 Å². The molecule has 0 atom stereocenters. The fourth-order valence-electron chi connectivity index (χ4n) is 16.9. The molecule has 25 heteroatoms. The summed E-state index contributed by atoms with van der Waals surface area (Å²) in [5, 5.41) is 0. The van der Waals surface area contributed by atoms with Crippen LogP contribution >= 0.6 is 15.9 Å². The zero-order chi connectivity index (χ0) is 97.2. The van der Waals surface area contributed by atoms with Gasteiger partial charge in [-0.1, -0.05) is 174 Å². The Labute approximate surface area is 828 Å². The van der Waals surface area contributed by atoms with E-state index in [1.165, 1.54) is 0 Å². The molecular weight excluding hydrogens is 1830 g/mol. The van der Waals surface area contributed by atoms with Gasteiger partial charge in [0, 0.05) is 96.4 Å². The highest BCUT2D eigenvalue weighted by Gasteiger charge is 2.46. The molecule has 2 aliphatic rings. The van der Waals surface area contributed by atoms with Crippen LogP contribution in [0.1, 0.15) is 83.5 Å². The summed E-state index contributed by atoms with van der Waals surface area (Å²) in [4.78, 5) is 0. The first-order chi connectivity index (χ1) is 68.4. The minimum atomic E-state index is -0.784. The molecule has 0 unspecified atom stereocenters. The van der Waals surface area contributed by atoms with E-state index < -0.39 is 10.8 Å². The van der Waals surface area contributed by atoms with Crippen LogP contribution in [0.15, 0.2) is 205 Å². The van der Waals surface area contributed by atoms with Gasteiger partial charge < -0.3 is 114 Å². The van der Waals surface area contributed by atoms with E-state index in [-0.39, 0.29) is 0 Å². The number of methoxy groups -OCH3 is 8. The van der Waals surface area contributed by atoms with Crippen LogP contribution in [-0.2, 0) is 112 Å². The average molecular weight is 1970 g/mol. The SMILES string of the molecule is C=Cc1ccc(/C=C/c2ccc3c(c2)C(Cc2cc(OCCOCCOC)cc(OCCOCCOC)c2)(Cc2cc(OCCOCCOC)cc(OCCOCCOC)c2)c2cc(/C=C/c4ccc(/C=C/c5ccc6c(c5)C(Cc5cc(OCCOCCOC)cc(OCCOCCOC)c5)(Cc5cc(OCCOCCOC)cc(OCCOCCOC)c5)c5cc(Br)ccc5-6)cc4)ccc2-3)cc1. The molecule has 0 radical (unpaired) electrons. The van der Waals surface area contributed by atoms with Crippen LogP contribution < -0.4 is 37.9 Å². The van der Waals surface area contributed by atoms with Crippen molar-refractivity contribution in [1.29, 1.82) is 0 Å². The van der Waals surface area contributed by atoms with Crippen molar-refractivity contribution in [2.24, 2.45) is 0 Å². The minimum Gasteiger partial charge on any atom is -0.491 e. The lowest BCUT2D eigenvalue weighted by Crippen LogP contribution is -2.31. The molecule has 2 aliphatic carbocycles. The second-order valence-corrected chi connectivity index (χ2v) is 34.3. The predicted molar refractivity (Wildman–Crippen MR) is 549 cm³/mol. The molecule has 0 saturated carbocycles. The highest BCUT2D eigenvalue weighted by molar-refractivity contribution is 9.10. The van der Waals surface area contributed by atoms with Crippen molar-refractivity contribution in [1.82, 2.24) is 0 Å². The number of hydrogen-bond donors (Lipinski definition) is 0. The van der Waals surface area contributed by atoms with Crippen molar-refractivity contribution < 1.29 is 114 Å². The molecule has 12 rings (SSSR count). The monoisotopic (exact) mass is 1970 g/mol. The quantitative estimate of drug-likeness (QED) is 0.0255. The first-order valence-electron chi connectivity index (χ1n) is 47.6. The summed E-state index contributed by atoms with van der Waals surface area (Å²) in [6, 6.07) is 69.0. The number of halogens is 1. The van der Waals surface area contributed by atoms with Crippen molar-refractivity contribution in [3.8, 4) is 68.2 Å². The van der Waals surface area contributed by atoms with Crippen LogP contribution in [0.5, 0.6) is 46.0 Å². The number of rotatable bonds is 71. The Hall–Kier alpha value is -10.6. The van der Waals surface area contributed by atoms with Crippen LogP contribution in [0.2, 0.25) is 0 Å². The van der Waals surface area contributed by atoms with Crippen LogP contribution in [0, 0.1) is 0 Å². The van der Waals surface area contributed by atoms with Crippen molar-refractivity contribution >= 4 is 58.5 Å². The molecule has 0 aliphatic heterocycles. The first-order valence-corrected chi connectivity index (χ1v) is 48.4. The van der Waals surface area contributed by atoms with E-state index in [4.69, 9.17) is 114 Å². The lowest BCUT2D eigenvalue weighted by atomic mass is 9.69. The Kier molecular flexibility index (Phi) is 46.2. The van der Waals surface area contributed by atoms with Gasteiger partial charge in [-0.15, -0.1) is 0 Å². The topological polar surface area (TPSA) is 222 Å². The van der Waals surface area contributed by atoms with Crippen LogP contribution in [0.3, 0.4) is 0 Å². The molecule has 0 saturated heterocycles. The lowest BCUT2D eigenvalue weighted by molar-refractivity contribution is 0.0532. The standard InChI is InChI=1S/C114H137BrO24/c1-10-85-11-13-86(14-12-85)19-22-89-25-29-105-106-30-26-90(74-110(106)113(109(105)73-89,81-92-65-97(132-57-49-124-41-33-116-2)77-98(66-92)133-58-50-125-42-34-117-3)82-93-67-99(134-59-51-126-43-35-118-4)78-100(68-93)135-60-52-127-44-36-119-5)23-20-87-15-17-88(18-16-87)21-24-91-27-31-107-108-32-28-96(115)76-112(108)114(111(107)75-91,83-94-69-101(136-61-53-128-45-37-120-6)79-102(70-94)137-62-54-129-46-38-121-7)84-95-71-103(138-63-55-130-47-39-122-8)80-104(72-95)139-64-56-131-48-40-123-9/h10-32,65-80H,1,33-64,81-84H2,2-9H3/b22-19+,23-20+,24-21+. The van der Waals surface area contributed by atoms with Gasteiger partial charge >= 0.3 is 0 Å².